The molecule has 6 heteroatoms. The summed E-state index contributed by atoms with van der Waals surface area (Å²) >= 11 is 0. The van der Waals surface area contributed by atoms with Crippen LogP contribution in [0, 0.1) is 0 Å². The number of piperidine rings is 1. The highest BCUT2D eigenvalue weighted by atomic mass is 16.6. The third kappa shape index (κ3) is 4.43. The maximum absolute atomic E-state index is 11.9. The summed E-state index contributed by atoms with van der Waals surface area (Å²) in [5.41, 5.74) is 12.1. The number of hydrogen-bond acceptors (Lipinski definition) is 5. The van der Waals surface area contributed by atoms with E-state index in [0.717, 1.165) is 48.4 Å². The minimum Gasteiger partial charge on any atom is -0.472 e. The molecule has 4 rings (SSSR count). The van der Waals surface area contributed by atoms with Crippen LogP contribution in [0.1, 0.15) is 31.2 Å². The molecule has 0 aliphatic carbocycles. The van der Waals surface area contributed by atoms with E-state index in [4.69, 9.17) is 14.9 Å². The summed E-state index contributed by atoms with van der Waals surface area (Å²) in [4.78, 5) is 13.7. The Labute approximate surface area is 176 Å². The average Bonchev–Trinajstić information content (AvgIpc) is 3.31. The third-order valence-corrected chi connectivity index (χ3v) is 5.56. The zero-order chi connectivity index (χ0) is 20.9. The SMILES string of the molecule is CCOC(=O)N1CCC(c2cccc(Nc3ccc(-c4ccoc4)cc3N)c2)CC1. The summed E-state index contributed by atoms with van der Waals surface area (Å²) in [5, 5.41) is 3.43. The summed E-state index contributed by atoms with van der Waals surface area (Å²) in [7, 11) is 0. The van der Waals surface area contributed by atoms with E-state index in [1.807, 2.05) is 37.3 Å². The number of hydrogen-bond donors (Lipinski definition) is 2. The van der Waals surface area contributed by atoms with Crippen LogP contribution in [0.5, 0.6) is 0 Å². The van der Waals surface area contributed by atoms with E-state index in [2.05, 4.69) is 23.5 Å². The molecule has 3 aromatic rings. The molecule has 156 valence electrons. The van der Waals surface area contributed by atoms with Crippen molar-refractivity contribution < 1.29 is 13.9 Å². The first kappa shape index (κ1) is 19.9. The number of amides is 1. The van der Waals surface area contributed by atoms with Crippen molar-refractivity contribution >= 4 is 23.2 Å². The molecule has 2 aromatic carbocycles. The van der Waals surface area contributed by atoms with Gasteiger partial charge in [0.25, 0.3) is 0 Å². The average molecular weight is 405 g/mol. The second-order valence-electron chi connectivity index (χ2n) is 7.52. The number of ether oxygens (including phenoxy) is 1. The van der Waals surface area contributed by atoms with Crippen LogP contribution in [0.15, 0.2) is 65.5 Å². The fourth-order valence-electron chi connectivity index (χ4n) is 3.92. The Bertz CT molecular complexity index is 993. The molecule has 0 saturated carbocycles. The summed E-state index contributed by atoms with van der Waals surface area (Å²) in [6, 6.07) is 16.3. The zero-order valence-corrected chi connectivity index (χ0v) is 17.1. The second-order valence-corrected chi connectivity index (χ2v) is 7.52. The van der Waals surface area contributed by atoms with Crippen molar-refractivity contribution in [3.05, 3.63) is 66.6 Å². The smallest absolute Gasteiger partial charge is 0.409 e. The molecule has 0 unspecified atom stereocenters. The van der Waals surface area contributed by atoms with Crippen molar-refractivity contribution in [2.24, 2.45) is 0 Å². The van der Waals surface area contributed by atoms with E-state index in [0.29, 0.717) is 18.2 Å². The predicted octanol–water partition coefficient (Wildman–Crippen LogP) is 5.61. The van der Waals surface area contributed by atoms with Crippen LogP contribution < -0.4 is 11.1 Å². The number of likely N-dealkylation sites (tertiary alicyclic amines) is 1. The van der Waals surface area contributed by atoms with Crippen molar-refractivity contribution in [1.82, 2.24) is 4.90 Å². The van der Waals surface area contributed by atoms with Gasteiger partial charge in [-0.3, -0.25) is 0 Å². The number of nitrogens with zero attached hydrogens (tertiary/aromatic N) is 1. The van der Waals surface area contributed by atoms with Crippen molar-refractivity contribution in [3.63, 3.8) is 0 Å². The van der Waals surface area contributed by atoms with Gasteiger partial charge in [0, 0.05) is 24.3 Å². The van der Waals surface area contributed by atoms with Crippen LogP contribution >= 0.6 is 0 Å². The van der Waals surface area contributed by atoms with E-state index in [-0.39, 0.29) is 6.09 Å². The van der Waals surface area contributed by atoms with E-state index >= 15 is 0 Å². The molecule has 1 aliphatic heterocycles. The number of nitrogen functional groups attached to an aromatic ring is 1. The van der Waals surface area contributed by atoms with E-state index in [1.54, 1.807) is 17.4 Å². The molecule has 0 bridgehead atoms. The van der Waals surface area contributed by atoms with Gasteiger partial charge in [-0.05, 0) is 67.1 Å². The summed E-state index contributed by atoms with van der Waals surface area (Å²) in [6.45, 7) is 3.70. The quantitative estimate of drug-likeness (QED) is 0.539. The number of nitrogens with two attached hydrogens (primary N) is 1. The summed E-state index contributed by atoms with van der Waals surface area (Å²) < 4.78 is 10.3. The molecule has 0 atom stereocenters. The lowest BCUT2D eigenvalue weighted by Crippen LogP contribution is -2.38. The first-order valence-corrected chi connectivity index (χ1v) is 10.3. The molecule has 3 N–H and O–H groups in total. The number of anilines is 3. The van der Waals surface area contributed by atoms with Gasteiger partial charge in [0.1, 0.15) is 0 Å². The fraction of sp³-hybridized carbons (Fsp3) is 0.292. The number of carbonyl (C=O) groups excluding carboxylic acids is 1. The van der Waals surface area contributed by atoms with Crippen LogP contribution in [-0.4, -0.2) is 30.7 Å². The molecule has 1 aliphatic rings. The molecular formula is C24H27N3O3. The lowest BCUT2D eigenvalue weighted by molar-refractivity contribution is 0.0971. The van der Waals surface area contributed by atoms with Gasteiger partial charge in [0.15, 0.2) is 0 Å². The molecule has 0 spiro atoms. The maximum atomic E-state index is 11.9. The van der Waals surface area contributed by atoms with E-state index < -0.39 is 0 Å². The van der Waals surface area contributed by atoms with Crippen LogP contribution in [0.3, 0.4) is 0 Å². The number of nitrogens with one attached hydrogen (secondary N) is 1. The van der Waals surface area contributed by atoms with Gasteiger partial charge in [-0.2, -0.15) is 0 Å². The van der Waals surface area contributed by atoms with Crippen molar-refractivity contribution in [3.8, 4) is 11.1 Å². The fourth-order valence-corrected chi connectivity index (χ4v) is 3.92. The Morgan fingerprint density at radius 2 is 2.00 bits per heavy atom. The Kier molecular flexibility index (Phi) is 5.93. The van der Waals surface area contributed by atoms with Crippen LogP contribution in [0.4, 0.5) is 21.9 Å². The third-order valence-electron chi connectivity index (χ3n) is 5.56. The molecule has 1 saturated heterocycles. The monoisotopic (exact) mass is 405 g/mol. The summed E-state index contributed by atoms with van der Waals surface area (Å²) in [5.74, 6) is 0.429. The molecule has 6 nitrogen and oxygen atoms in total. The van der Waals surface area contributed by atoms with Crippen LogP contribution in [0.2, 0.25) is 0 Å². The number of carbonyl (C=O) groups is 1. The van der Waals surface area contributed by atoms with Gasteiger partial charge in [-0.1, -0.05) is 18.2 Å². The normalized spacial score (nSPS) is 14.5. The van der Waals surface area contributed by atoms with Crippen LogP contribution in [-0.2, 0) is 4.74 Å². The molecule has 0 radical (unpaired) electrons. The second kappa shape index (κ2) is 8.95. The predicted molar refractivity (Wildman–Crippen MR) is 119 cm³/mol. The standard InChI is InChI=1S/C24H27N3O3/c1-2-30-24(28)27-11-8-17(9-12-27)18-4-3-5-21(14-18)26-23-7-6-19(15-22(23)25)20-10-13-29-16-20/h3-7,10,13-17,26H,2,8-9,11-12,25H2,1H3. The number of furan rings is 1. The first-order chi connectivity index (χ1) is 14.6. The largest absolute Gasteiger partial charge is 0.472 e. The zero-order valence-electron chi connectivity index (χ0n) is 17.1. The van der Waals surface area contributed by atoms with E-state index in [1.165, 1.54) is 5.56 Å². The molecule has 1 fully saturated rings. The van der Waals surface area contributed by atoms with Gasteiger partial charge in [0.2, 0.25) is 0 Å². The van der Waals surface area contributed by atoms with Gasteiger partial charge in [-0.25, -0.2) is 4.79 Å². The van der Waals surface area contributed by atoms with Gasteiger partial charge in [-0.15, -0.1) is 0 Å². The molecule has 1 amide bonds. The first-order valence-electron chi connectivity index (χ1n) is 10.3. The minimum absolute atomic E-state index is 0.208. The van der Waals surface area contributed by atoms with Crippen molar-refractivity contribution in [2.45, 2.75) is 25.7 Å². The Balaban J connectivity index is 1.42. The molecular weight excluding hydrogens is 378 g/mol. The van der Waals surface area contributed by atoms with E-state index in [9.17, 15) is 4.79 Å². The number of benzene rings is 2. The lowest BCUT2D eigenvalue weighted by Gasteiger charge is -2.31. The van der Waals surface area contributed by atoms with Crippen molar-refractivity contribution in [2.75, 3.05) is 30.7 Å². The van der Waals surface area contributed by atoms with Gasteiger partial charge in [0.05, 0.1) is 30.5 Å². The highest BCUT2D eigenvalue weighted by Crippen LogP contribution is 2.32. The van der Waals surface area contributed by atoms with Crippen LogP contribution in [0.25, 0.3) is 11.1 Å². The molecule has 30 heavy (non-hydrogen) atoms. The van der Waals surface area contributed by atoms with Gasteiger partial charge < -0.3 is 25.1 Å². The number of rotatable bonds is 5. The maximum Gasteiger partial charge on any atom is 0.409 e. The Morgan fingerprint density at radius 3 is 2.70 bits per heavy atom. The minimum atomic E-state index is -0.208. The Hall–Kier alpha value is -3.41. The highest BCUT2D eigenvalue weighted by molar-refractivity contribution is 5.78. The molecule has 2 heterocycles. The highest BCUT2D eigenvalue weighted by Gasteiger charge is 2.24. The van der Waals surface area contributed by atoms with Gasteiger partial charge >= 0.3 is 6.09 Å². The molecule has 1 aromatic heterocycles. The lowest BCUT2D eigenvalue weighted by atomic mass is 9.89. The topological polar surface area (TPSA) is 80.7 Å². The van der Waals surface area contributed by atoms with Crippen molar-refractivity contribution in [1.29, 1.82) is 0 Å². The Morgan fingerprint density at radius 1 is 1.17 bits per heavy atom. The summed E-state index contributed by atoms with van der Waals surface area (Å²) in [6.07, 6.45) is 5.02.